The highest BCUT2D eigenvalue weighted by molar-refractivity contribution is 8.00. The van der Waals surface area contributed by atoms with Crippen molar-refractivity contribution in [1.29, 1.82) is 0 Å². The number of nitrogens with one attached hydrogen (secondary N) is 1. The number of carbonyl (C=O) groups excluding carboxylic acids is 2. The molecule has 0 saturated heterocycles. The van der Waals surface area contributed by atoms with E-state index in [1.165, 1.54) is 37.1 Å². The number of halogens is 1. The van der Waals surface area contributed by atoms with Gasteiger partial charge in [0.05, 0.1) is 12.9 Å². The minimum Gasteiger partial charge on any atom is -0.468 e. The largest absolute Gasteiger partial charge is 0.468 e. The van der Waals surface area contributed by atoms with Crippen molar-refractivity contribution in [3.8, 4) is 0 Å². The molecule has 0 aliphatic carbocycles. The minimum atomic E-state index is -0.753. The standard InChI is InChI=1S/C12H15FN2O3S/c1-18-12(17)10(14)6-19-7-11(16)15-9-4-2-3-8(13)5-9/h2-5,10H,6-7,14H2,1H3,(H,15,16). The molecule has 0 radical (unpaired) electrons. The Kier molecular flexibility index (Phi) is 6.31. The molecule has 1 rings (SSSR count). The molecule has 1 aromatic rings. The smallest absolute Gasteiger partial charge is 0.323 e. The summed E-state index contributed by atoms with van der Waals surface area (Å²) in [5.41, 5.74) is 5.90. The van der Waals surface area contributed by atoms with E-state index in [-0.39, 0.29) is 17.4 Å². The van der Waals surface area contributed by atoms with Crippen LogP contribution in [0.25, 0.3) is 0 Å². The van der Waals surface area contributed by atoms with Crippen molar-refractivity contribution in [1.82, 2.24) is 0 Å². The number of carbonyl (C=O) groups is 2. The fraction of sp³-hybridized carbons (Fsp3) is 0.333. The van der Waals surface area contributed by atoms with Crippen LogP contribution in [0.4, 0.5) is 10.1 Å². The highest BCUT2D eigenvalue weighted by Crippen LogP contribution is 2.10. The Balaban J connectivity index is 2.30. The molecule has 1 unspecified atom stereocenters. The van der Waals surface area contributed by atoms with Crippen molar-refractivity contribution in [3.63, 3.8) is 0 Å². The van der Waals surface area contributed by atoms with Crippen molar-refractivity contribution in [2.45, 2.75) is 6.04 Å². The quantitative estimate of drug-likeness (QED) is 0.762. The van der Waals surface area contributed by atoms with Gasteiger partial charge in [0.2, 0.25) is 5.91 Å². The number of anilines is 1. The summed E-state index contributed by atoms with van der Waals surface area (Å²) in [6.45, 7) is 0. The lowest BCUT2D eigenvalue weighted by atomic mass is 10.3. The molecule has 0 spiro atoms. The molecule has 7 heteroatoms. The number of hydrogen-bond donors (Lipinski definition) is 2. The van der Waals surface area contributed by atoms with Gasteiger partial charge in [0.25, 0.3) is 0 Å². The van der Waals surface area contributed by atoms with E-state index in [2.05, 4.69) is 10.1 Å². The van der Waals surface area contributed by atoms with E-state index in [1.54, 1.807) is 6.07 Å². The monoisotopic (exact) mass is 286 g/mol. The van der Waals surface area contributed by atoms with E-state index in [9.17, 15) is 14.0 Å². The van der Waals surface area contributed by atoms with Crippen molar-refractivity contribution < 1.29 is 18.7 Å². The molecule has 1 aromatic carbocycles. The molecule has 19 heavy (non-hydrogen) atoms. The van der Waals surface area contributed by atoms with Gasteiger partial charge in [0.1, 0.15) is 11.9 Å². The number of amides is 1. The Labute approximate surface area is 114 Å². The van der Waals surface area contributed by atoms with Crippen molar-refractivity contribution >= 4 is 29.3 Å². The first-order chi connectivity index (χ1) is 9.02. The lowest BCUT2D eigenvalue weighted by molar-refractivity contribution is -0.141. The van der Waals surface area contributed by atoms with E-state index >= 15 is 0 Å². The van der Waals surface area contributed by atoms with E-state index in [1.807, 2.05) is 0 Å². The summed E-state index contributed by atoms with van der Waals surface area (Å²) in [7, 11) is 1.25. The first-order valence-corrected chi connectivity index (χ1v) is 6.65. The van der Waals surface area contributed by atoms with Crippen LogP contribution in [0.1, 0.15) is 0 Å². The van der Waals surface area contributed by atoms with Gasteiger partial charge in [0.15, 0.2) is 0 Å². The molecule has 0 aliphatic rings. The Hall–Kier alpha value is -1.60. The highest BCUT2D eigenvalue weighted by atomic mass is 32.2. The number of rotatable bonds is 6. The van der Waals surface area contributed by atoms with Crippen LogP contribution in [-0.2, 0) is 14.3 Å². The van der Waals surface area contributed by atoms with E-state index in [0.717, 1.165) is 0 Å². The highest BCUT2D eigenvalue weighted by Gasteiger charge is 2.14. The van der Waals surface area contributed by atoms with Crippen LogP contribution in [0.2, 0.25) is 0 Å². The van der Waals surface area contributed by atoms with Gasteiger partial charge >= 0.3 is 5.97 Å². The SMILES string of the molecule is COC(=O)C(N)CSCC(=O)Nc1cccc(F)c1. The van der Waals surface area contributed by atoms with Gasteiger partial charge in [-0.15, -0.1) is 11.8 Å². The topological polar surface area (TPSA) is 81.4 Å². The average molecular weight is 286 g/mol. The van der Waals surface area contributed by atoms with Gasteiger partial charge in [-0.05, 0) is 18.2 Å². The third-order valence-electron chi connectivity index (χ3n) is 2.14. The van der Waals surface area contributed by atoms with Crippen LogP contribution < -0.4 is 11.1 Å². The third-order valence-corrected chi connectivity index (χ3v) is 3.20. The molecule has 0 fully saturated rings. The van der Waals surface area contributed by atoms with E-state index in [4.69, 9.17) is 5.73 Å². The summed E-state index contributed by atoms with van der Waals surface area (Å²) in [5.74, 6) is -0.811. The molecule has 0 saturated carbocycles. The molecule has 0 aliphatic heterocycles. The number of ether oxygens (including phenoxy) is 1. The normalized spacial score (nSPS) is 11.7. The van der Waals surface area contributed by atoms with Crippen LogP contribution in [-0.4, -0.2) is 36.5 Å². The number of benzene rings is 1. The summed E-state index contributed by atoms with van der Waals surface area (Å²) in [6, 6.07) is 4.86. The van der Waals surface area contributed by atoms with Crippen LogP contribution in [0.15, 0.2) is 24.3 Å². The molecule has 0 aromatic heterocycles. The maximum Gasteiger partial charge on any atom is 0.323 e. The summed E-state index contributed by atoms with van der Waals surface area (Å²) in [6.07, 6.45) is 0. The van der Waals surface area contributed by atoms with Gasteiger partial charge < -0.3 is 15.8 Å². The third kappa shape index (κ3) is 5.71. The average Bonchev–Trinajstić information content (AvgIpc) is 2.37. The first-order valence-electron chi connectivity index (χ1n) is 5.49. The molecular formula is C12H15FN2O3S. The zero-order valence-electron chi connectivity index (χ0n) is 10.4. The molecular weight excluding hydrogens is 271 g/mol. The van der Waals surface area contributed by atoms with Gasteiger partial charge in [-0.25, -0.2) is 4.39 Å². The second-order valence-electron chi connectivity index (χ2n) is 3.70. The van der Waals surface area contributed by atoms with Gasteiger partial charge in [0, 0.05) is 11.4 Å². The van der Waals surface area contributed by atoms with Crippen LogP contribution in [0, 0.1) is 5.82 Å². The second-order valence-corrected chi connectivity index (χ2v) is 4.73. The predicted molar refractivity (Wildman–Crippen MR) is 72.3 cm³/mol. The fourth-order valence-electron chi connectivity index (χ4n) is 1.26. The van der Waals surface area contributed by atoms with Crippen LogP contribution >= 0.6 is 11.8 Å². The van der Waals surface area contributed by atoms with E-state index < -0.39 is 17.8 Å². The second kappa shape index (κ2) is 7.75. The van der Waals surface area contributed by atoms with Gasteiger partial charge in [-0.2, -0.15) is 0 Å². The minimum absolute atomic E-state index is 0.126. The van der Waals surface area contributed by atoms with Gasteiger partial charge in [-0.1, -0.05) is 6.07 Å². The molecule has 0 heterocycles. The molecule has 0 bridgehead atoms. The molecule has 5 nitrogen and oxygen atoms in total. The molecule has 3 N–H and O–H groups in total. The Bertz CT molecular complexity index is 456. The van der Waals surface area contributed by atoms with E-state index in [0.29, 0.717) is 5.69 Å². The molecule has 104 valence electrons. The van der Waals surface area contributed by atoms with Crippen LogP contribution in [0.3, 0.4) is 0 Å². The summed E-state index contributed by atoms with van der Waals surface area (Å²) in [4.78, 5) is 22.5. The predicted octanol–water partition coefficient (Wildman–Crippen LogP) is 0.998. The number of nitrogens with two attached hydrogens (primary N) is 1. The first kappa shape index (κ1) is 15.5. The summed E-state index contributed by atoms with van der Waals surface area (Å²) < 4.78 is 17.3. The summed E-state index contributed by atoms with van der Waals surface area (Å²) in [5, 5.41) is 2.54. The number of methoxy groups -OCH3 is 1. The zero-order chi connectivity index (χ0) is 14.3. The van der Waals surface area contributed by atoms with Crippen molar-refractivity contribution in [2.75, 3.05) is 23.9 Å². The number of hydrogen-bond acceptors (Lipinski definition) is 5. The Morgan fingerprint density at radius 3 is 2.89 bits per heavy atom. The van der Waals surface area contributed by atoms with Gasteiger partial charge in [-0.3, -0.25) is 9.59 Å². The molecule has 1 atom stereocenters. The lowest BCUT2D eigenvalue weighted by Gasteiger charge is -2.09. The number of thioether (sulfide) groups is 1. The summed E-state index contributed by atoms with van der Waals surface area (Å²) >= 11 is 1.20. The van der Waals surface area contributed by atoms with Crippen LogP contribution in [0.5, 0.6) is 0 Å². The fourth-order valence-corrected chi connectivity index (χ4v) is 2.03. The Morgan fingerprint density at radius 1 is 1.53 bits per heavy atom. The maximum absolute atomic E-state index is 12.9. The lowest BCUT2D eigenvalue weighted by Crippen LogP contribution is -2.34. The molecule has 1 amide bonds. The Morgan fingerprint density at radius 2 is 2.26 bits per heavy atom. The maximum atomic E-state index is 12.9. The van der Waals surface area contributed by atoms with Crippen molar-refractivity contribution in [2.24, 2.45) is 5.73 Å². The number of esters is 1. The van der Waals surface area contributed by atoms with Crippen molar-refractivity contribution in [3.05, 3.63) is 30.1 Å². The zero-order valence-corrected chi connectivity index (χ0v) is 11.2.